The van der Waals surface area contributed by atoms with Gasteiger partial charge in [-0.2, -0.15) is 0 Å². The summed E-state index contributed by atoms with van der Waals surface area (Å²) >= 11 is 6.17. The molecule has 1 atom stereocenters. The molecule has 1 aliphatic heterocycles. The van der Waals surface area contributed by atoms with Crippen molar-refractivity contribution >= 4 is 17.3 Å². The minimum atomic E-state index is 0.570. The minimum absolute atomic E-state index is 0.570. The predicted molar refractivity (Wildman–Crippen MR) is 76.1 cm³/mol. The lowest BCUT2D eigenvalue weighted by molar-refractivity contribution is 0.227. The SMILES string of the molecule is CC(CN)CN1CCN(c2ccncc2Cl)CC1. The van der Waals surface area contributed by atoms with Crippen molar-refractivity contribution in [3.63, 3.8) is 0 Å². The Balaban J connectivity index is 1.89. The van der Waals surface area contributed by atoms with Crippen LogP contribution in [0.4, 0.5) is 5.69 Å². The second-order valence-corrected chi connectivity index (χ2v) is 5.36. The average Bonchev–Trinajstić information content (AvgIpc) is 2.40. The van der Waals surface area contributed by atoms with E-state index < -0.39 is 0 Å². The molecular formula is C13H21ClN4. The monoisotopic (exact) mass is 268 g/mol. The zero-order chi connectivity index (χ0) is 13.0. The average molecular weight is 269 g/mol. The van der Waals surface area contributed by atoms with E-state index in [2.05, 4.69) is 21.7 Å². The van der Waals surface area contributed by atoms with Crippen LogP contribution in [0.3, 0.4) is 0 Å². The third kappa shape index (κ3) is 3.34. The summed E-state index contributed by atoms with van der Waals surface area (Å²) in [6, 6.07) is 1.99. The summed E-state index contributed by atoms with van der Waals surface area (Å²) in [5.74, 6) is 0.570. The molecule has 0 saturated carbocycles. The zero-order valence-electron chi connectivity index (χ0n) is 10.8. The highest BCUT2D eigenvalue weighted by molar-refractivity contribution is 6.33. The number of pyridine rings is 1. The molecule has 1 fully saturated rings. The first-order valence-electron chi connectivity index (χ1n) is 6.47. The van der Waals surface area contributed by atoms with E-state index in [0.717, 1.165) is 50.0 Å². The van der Waals surface area contributed by atoms with Crippen LogP contribution in [0.15, 0.2) is 18.5 Å². The Hall–Kier alpha value is -0.840. The predicted octanol–water partition coefficient (Wildman–Crippen LogP) is 1.45. The molecule has 0 aliphatic carbocycles. The molecule has 18 heavy (non-hydrogen) atoms. The highest BCUT2D eigenvalue weighted by atomic mass is 35.5. The molecule has 4 nitrogen and oxygen atoms in total. The van der Waals surface area contributed by atoms with Crippen molar-refractivity contribution in [3.05, 3.63) is 23.5 Å². The van der Waals surface area contributed by atoms with Gasteiger partial charge < -0.3 is 10.6 Å². The van der Waals surface area contributed by atoms with Crippen LogP contribution in [0.25, 0.3) is 0 Å². The number of halogens is 1. The van der Waals surface area contributed by atoms with E-state index in [1.807, 2.05) is 6.07 Å². The van der Waals surface area contributed by atoms with Gasteiger partial charge in [0.05, 0.1) is 10.7 Å². The Bertz CT molecular complexity index is 377. The number of hydrogen-bond donors (Lipinski definition) is 1. The van der Waals surface area contributed by atoms with Crippen LogP contribution in [-0.2, 0) is 0 Å². The molecule has 1 unspecified atom stereocenters. The van der Waals surface area contributed by atoms with E-state index >= 15 is 0 Å². The third-order valence-corrected chi connectivity index (χ3v) is 3.73. The fourth-order valence-electron chi connectivity index (χ4n) is 2.31. The quantitative estimate of drug-likeness (QED) is 0.898. The summed E-state index contributed by atoms with van der Waals surface area (Å²) in [7, 11) is 0. The second-order valence-electron chi connectivity index (χ2n) is 4.96. The first-order valence-corrected chi connectivity index (χ1v) is 6.85. The fourth-order valence-corrected chi connectivity index (χ4v) is 2.55. The summed E-state index contributed by atoms with van der Waals surface area (Å²) in [4.78, 5) is 8.82. The Morgan fingerprint density at radius 2 is 2.11 bits per heavy atom. The van der Waals surface area contributed by atoms with E-state index in [1.165, 1.54) is 0 Å². The van der Waals surface area contributed by atoms with Gasteiger partial charge in [-0.15, -0.1) is 0 Å². The van der Waals surface area contributed by atoms with Gasteiger partial charge in [-0.3, -0.25) is 9.88 Å². The molecule has 5 heteroatoms. The van der Waals surface area contributed by atoms with Gasteiger partial charge in [0.1, 0.15) is 0 Å². The van der Waals surface area contributed by atoms with Crippen LogP contribution >= 0.6 is 11.6 Å². The van der Waals surface area contributed by atoms with Gasteiger partial charge in [0, 0.05) is 45.1 Å². The lowest BCUT2D eigenvalue weighted by Gasteiger charge is -2.37. The first-order chi connectivity index (χ1) is 8.70. The summed E-state index contributed by atoms with van der Waals surface area (Å²) in [5.41, 5.74) is 6.76. The Morgan fingerprint density at radius 1 is 1.39 bits per heavy atom. The number of hydrogen-bond acceptors (Lipinski definition) is 4. The van der Waals surface area contributed by atoms with Crippen molar-refractivity contribution in [3.8, 4) is 0 Å². The van der Waals surface area contributed by atoms with Crippen molar-refractivity contribution in [2.75, 3.05) is 44.2 Å². The maximum atomic E-state index is 6.17. The molecule has 0 spiro atoms. The van der Waals surface area contributed by atoms with Gasteiger partial charge in [-0.25, -0.2) is 0 Å². The van der Waals surface area contributed by atoms with Crippen LogP contribution in [0.1, 0.15) is 6.92 Å². The molecule has 0 bridgehead atoms. The Morgan fingerprint density at radius 3 is 2.72 bits per heavy atom. The van der Waals surface area contributed by atoms with Crippen molar-refractivity contribution in [2.45, 2.75) is 6.92 Å². The van der Waals surface area contributed by atoms with E-state index in [-0.39, 0.29) is 0 Å². The smallest absolute Gasteiger partial charge is 0.0822 e. The highest BCUT2D eigenvalue weighted by Crippen LogP contribution is 2.25. The van der Waals surface area contributed by atoms with Crippen LogP contribution in [0.5, 0.6) is 0 Å². The summed E-state index contributed by atoms with van der Waals surface area (Å²) in [6.07, 6.45) is 3.50. The molecule has 1 aromatic rings. The number of piperazine rings is 1. The molecule has 1 aliphatic rings. The van der Waals surface area contributed by atoms with Gasteiger partial charge in [0.15, 0.2) is 0 Å². The second kappa shape index (κ2) is 6.36. The lowest BCUT2D eigenvalue weighted by Crippen LogP contribution is -2.48. The number of rotatable bonds is 4. The zero-order valence-corrected chi connectivity index (χ0v) is 11.6. The van der Waals surface area contributed by atoms with Crippen LogP contribution in [0.2, 0.25) is 5.02 Å². The van der Waals surface area contributed by atoms with E-state index in [0.29, 0.717) is 5.92 Å². The lowest BCUT2D eigenvalue weighted by atomic mass is 10.1. The third-order valence-electron chi connectivity index (χ3n) is 3.44. The van der Waals surface area contributed by atoms with Crippen LogP contribution < -0.4 is 10.6 Å². The maximum absolute atomic E-state index is 6.17. The standard InChI is InChI=1S/C13H21ClN4/c1-11(8-15)10-17-4-6-18(7-5-17)13-2-3-16-9-12(13)14/h2-3,9,11H,4-8,10,15H2,1H3. The van der Waals surface area contributed by atoms with Gasteiger partial charge in [-0.05, 0) is 18.5 Å². The normalized spacial score (nSPS) is 18.9. The van der Waals surface area contributed by atoms with Crippen LogP contribution in [-0.4, -0.2) is 49.2 Å². The van der Waals surface area contributed by atoms with Crippen molar-refractivity contribution < 1.29 is 0 Å². The van der Waals surface area contributed by atoms with E-state index in [9.17, 15) is 0 Å². The van der Waals surface area contributed by atoms with Crippen molar-refractivity contribution in [1.29, 1.82) is 0 Å². The largest absolute Gasteiger partial charge is 0.368 e. The van der Waals surface area contributed by atoms with Gasteiger partial charge in [-0.1, -0.05) is 18.5 Å². The molecule has 1 aromatic heterocycles. The first kappa shape index (κ1) is 13.6. The summed E-state index contributed by atoms with van der Waals surface area (Å²) in [6.45, 7) is 8.23. The van der Waals surface area contributed by atoms with Crippen molar-refractivity contribution in [1.82, 2.24) is 9.88 Å². The number of aromatic nitrogens is 1. The number of nitrogens with zero attached hydrogens (tertiary/aromatic N) is 3. The summed E-state index contributed by atoms with van der Waals surface area (Å²) in [5, 5.41) is 0.737. The Kier molecular flexibility index (Phi) is 4.80. The van der Waals surface area contributed by atoms with E-state index in [4.69, 9.17) is 17.3 Å². The van der Waals surface area contributed by atoms with Gasteiger partial charge in [0.2, 0.25) is 0 Å². The summed E-state index contributed by atoms with van der Waals surface area (Å²) < 4.78 is 0. The van der Waals surface area contributed by atoms with Crippen LogP contribution in [0, 0.1) is 5.92 Å². The number of anilines is 1. The van der Waals surface area contributed by atoms with Gasteiger partial charge in [0.25, 0.3) is 0 Å². The minimum Gasteiger partial charge on any atom is -0.368 e. The molecule has 2 N–H and O–H groups in total. The molecule has 2 rings (SSSR count). The molecule has 100 valence electrons. The number of nitrogens with two attached hydrogens (primary N) is 1. The molecule has 2 heterocycles. The van der Waals surface area contributed by atoms with Crippen molar-refractivity contribution in [2.24, 2.45) is 11.7 Å². The van der Waals surface area contributed by atoms with E-state index in [1.54, 1.807) is 12.4 Å². The fraction of sp³-hybridized carbons (Fsp3) is 0.615. The van der Waals surface area contributed by atoms with Gasteiger partial charge >= 0.3 is 0 Å². The topological polar surface area (TPSA) is 45.4 Å². The highest BCUT2D eigenvalue weighted by Gasteiger charge is 2.19. The molecule has 0 amide bonds. The molecular weight excluding hydrogens is 248 g/mol. The molecule has 0 aromatic carbocycles. The molecule has 1 saturated heterocycles. The maximum Gasteiger partial charge on any atom is 0.0822 e. The molecule has 0 radical (unpaired) electrons. The Labute approximate surface area is 114 Å².